The second-order valence-electron chi connectivity index (χ2n) is 5.86. The van der Waals surface area contributed by atoms with E-state index in [0.717, 1.165) is 16.6 Å². The molecular formula is C21H15N3. The van der Waals surface area contributed by atoms with Crippen LogP contribution in [0.5, 0.6) is 0 Å². The largest absolute Gasteiger partial charge is 0.293 e. The number of pyridine rings is 1. The first-order chi connectivity index (χ1) is 11.9. The zero-order chi connectivity index (χ0) is 15.9. The Bertz CT molecular complexity index is 1130. The van der Waals surface area contributed by atoms with Crippen molar-refractivity contribution in [3.63, 3.8) is 0 Å². The molecular weight excluding hydrogens is 294 g/mol. The molecule has 0 unspecified atom stereocenters. The number of benzene rings is 3. The van der Waals surface area contributed by atoms with E-state index in [1.54, 1.807) is 0 Å². The van der Waals surface area contributed by atoms with Crippen molar-refractivity contribution >= 4 is 38.4 Å². The van der Waals surface area contributed by atoms with Crippen molar-refractivity contribution in [2.75, 3.05) is 5.43 Å². The molecule has 1 N–H and O–H groups in total. The van der Waals surface area contributed by atoms with E-state index in [9.17, 15) is 0 Å². The van der Waals surface area contributed by atoms with Crippen LogP contribution in [0, 0.1) is 0 Å². The Balaban J connectivity index is 1.79. The summed E-state index contributed by atoms with van der Waals surface area (Å²) in [4.78, 5) is 4.45. The van der Waals surface area contributed by atoms with Gasteiger partial charge >= 0.3 is 0 Å². The molecule has 0 fully saturated rings. The fraction of sp³-hybridized carbons (Fsp3) is 0. The summed E-state index contributed by atoms with van der Waals surface area (Å²) in [6.45, 7) is 0. The Morgan fingerprint density at radius 1 is 0.625 bits per heavy atom. The van der Waals surface area contributed by atoms with E-state index >= 15 is 0 Å². The molecule has 0 amide bonds. The van der Waals surface area contributed by atoms with Crippen molar-refractivity contribution in [2.45, 2.75) is 0 Å². The van der Waals surface area contributed by atoms with Crippen LogP contribution < -0.4 is 5.43 Å². The highest BCUT2D eigenvalue weighted by atomic mass is 15.4. The van der Waals surface area contributed by atoms with Gasteiger partial charge in [-0.05, 0) is 24.3 Å². The molecule has 0 atom stereocenters. The first kappa shape index (κ1) is 13.1. The topological polar surface area (TPSA) is 29.9 Å². The summed E-state index contributed by atoms with van der Waals surface area (Å²) in [7, 11) is 0. The van der Waals surface area contributed by atoms with Crippen molar-refractivity contribution in [3.05, 3.63) is 85.1 Å². The number of nitrogens with one attached hydrogen (secondary N) is 1. The van der Waals surface area contributed by atoms with Gasteiger partial charge in [0.1, 0.15) is 0 Å². The third kappa shape index (κ3) is 1.88. The second-order valence-corrected chi connectivity index (χ2v) is 5.86. The lowest BCUT2D eigenvalue weighted by Gasteiger charge is -2.13. The number of fused-ring (bicyclic) bond motifs is 4. The number of hydrogen-bond donors (Lipinski definition) is 1. The Morgan fingerprint density at radius 2 is 1.21 bits per heavy atom. The molecule has 114 valence electrons. The lowest BCUT2D eigenvalue weighted by atomic mass is 10.2. The van der Waals surface area contributed by atoms with Crippen LogP contribution in [0.4, 0.5) is 5.69 Å². The van der Waals surface area contributed by atoms with Crippen LogP contribution in [-0.2, 0) is 0 Å². The van der Waals surface area contributed by atoms with E-state index in [1.807, 2.05) is 30.5 Å². The Kier molecular flexibility index (Phi) is 2.79. The minimum absolute atomic E-state index is 0.989. The summed E-state index contributed by atoms with van der Waals surface area (Å²) >= 11 is 0. The van der Waals surface area contributed by atoms with Gasteiger partial charge in [0.05, 0.1) is 22.2 Å². The minimum atomic E-state index is 0.989. The maximum Gasteiger partial charge on any atom is 0.0723 e. The average molecular weight is 309 g/mol. The van der Waals surface area contributed by atoms with Crippen LogP contribution in [-0.4, -0.2) is 9.66 Å². The predicted octanol–water partition coefficient (Wildman–Crippen LogP) is 5.22. The molecule has 0 radical (unpaired) electrons. The van der Waals surface area contributed by atoms with Gasteiger partial charge in [0.2, 0.25) is 0 Å². The van der Waals surface area contributed by atoms with Crippen molar-refractivity contribution in [1.82, 2.24) is 9.66 Å². The van der Waals surface area contributed by atoms with Gasteiger partial charge in [-0.15, -0.1) is 0 Å². The summed E-state index contributed by atoms with van der Waals surface area (Å²) < 4.78 is 2.16. The predicted molar refractivity (Wildman–Crippen MR) is 100 cm³/mol. The fourth-order valence-corrected chi connectivity index (χ4v) is 3.36. The van der Waals surface area contributed by atoms with E-state index in [1.165, 1.54) is 21.8 Å². The van der Waals surface area contributed by atoms with E-state index in [4.69, 9.17) is 0 Å². The molecule has 2 aromatic heterocycles. The van der Waals surface area contributed by atoms with Gasteiger partial charge in [-0.3, -0.25) is 15.1 Å². The van der Waals surface area contributed by atoms with Crippen LogP contribution in [0.25, 0.3) is 32.7 Å². The van der Waals surface area contributed by atoms with Gasteiger partial charge in [0, 0.05) is 22.4 Å². The molecule has 3 aromatic carbocycles. The summed E-state index contributed by atoms with van der Waals surface area (Å²) in [6.07, 6.45) is 1.85. The normalized spacial score (nSPS) is 11.3. The van der Waals surface area contributed by atoms with Crippen LogP contribution in [0.1, 0.15) is 0 Å². The molecule has 3 nitrogen and oxygen atoms in total. The van der Waals surface area contributed by atoms with Gasteiger partial charge in [0.15, 0.2) is 0 Å². The van der Waals surface area contributed by atoms with Crippen molar-refractivity contribution in [3.8, 4) is 0 Å². The highest BCUT2D eigenvalue weighted by Gasteiger charge is 2.10. The molecule has 3 heteroatoms. The van der Waals surface area contributed by atoms with Gasteiger partial charge in [0.25, 0.3) is 0 Å². The number of rotatable bonds is 2. The van der Waals surface area contributed by atoms with E-state index in [-0.39, 0.29) is 0 Å². The monoisotopic (exact) mass is 309 g/mol. The van der Waals surface area contributed by atoms with Crippen LogP contribution in [0.3, 0.4) is 0 Å². The van der Waals surface area contributed by atoms with E-state index in [0.29, 0.717) is 0 Å². The van der Waals surface area contributed by atoms with Crippen LogP contribution in [0.15, 0.2) is 85.1 Å². The Hall–Kier alpha value is -3.33. The van der Waals surface area contributed by atoms with Crippen LogP contribution >= 0.6 is 0 Å². The maximum absolute atomic E-state index is 4.45. The Morgan fingerprint density at radius 3 is 1.92 bits per heavy atom. The van der Waals surface area contributed by atoms with E-state index in [2.05, 4.69) is 69.7 Å². The summed E-state index contributed by atoms with van der Waals surface area (Å²) in [5.74, 6) is 0. The lowest BCUT2D eigenvalue weighted by molar-refractivity contribution is 1.06. The zero-order valence-corrected chi connectivity index (χ0v) is 13.0. The number of nitrogens with zero attached hydrogens (tertiary/aromatic N) is 2. The van der Waals surface area contributed by atoms with Gasteiger partial charge in [-0.25, -0.2) is 0 Å². The van der Waals surface area contributed by atoms with Gasteiger partial charge in [-0.1, -0.05) is 54.6 Å². The quantitative estimate of drug-likeness (QED) is 0.484. The molecule has 0 saturated carbocycles. The van der Waals surface area contributed by atoms with Crippen molar-refractivity contribution < 1.29 is 0 Å². The molecule has 2 heterocycles. The molecule has 5 rings (SSSR count). The molecule has 0 aliphatic heterocycles. The van der Waals surface area contributed by atoms with Crippen molar-refractivity contribution in [1.29, 1.82) is 0 Å². The first-order valence-electron chi connectivity index (χ1n) is 8.01. The summed E-state index contributed by atoms with van der Waals surface area (Å²) in [5.41, 5.74) is 7.96. The summed E-state index contributed by atoms with van der Waals surface area (Å²) in [5, 5.41) is 3.61. The van der Waals surface area contributed by atoms with Crippen molar-refractivity contribution in [2.24, 2.45) is 0 Å². The molecule has 0 saturated heterocycles. The standard InChI is InChI=1S/C21H15N3/c1-4-10-18-17(9-1)19(13-14-22-18)23-24-20-11-5-2-7-15(20)16-8-3-6-12-21(16)24/h1-14H,(H,22,23). The number of anilines is 1. The van der Waals surface area contributed by atoms with E-state index < -0.39 is 0 Å². The number of para-hydroxylation sites is 3. The Labute approximate surface area is 139 Å². The number of hydrogen-bond acceptors (Lipinski definition) is 2. The molecule has 0 spiro atoms. The van der Waals surface area contributed by atoms with Gasteiger partial charge in [-0.2, -0.15) is 0 Å². The maximum atomic E-state index is 4.45. The van der Waals surface area contributed by atoms with Crippen LogP contribution in [0.2, 0.25) is 0 Å². The average Bonchev–Trinajstić information content (AvgIpc) is 2.97. The minimum Gasteiger partial charge on any atom is -0.293 e. The lowest BCUT2D eigenvalue weighted by Crippen LogP contribution is -2.08. The SMILES string of the molecule is c1ccc2c(Nn3c4ccccc4c4ccccc43)ccnc2c1. The molecule has 0 aliphatic rings. The fourth-order valence-electron chi connectivity index (χ4n) is 3.36. The number of aromatic nitrogens is 2. The first-order valence-corrected chi connectivity index (χ1v) is 8.01. The third-order valence-electron chi connectivity index (χ3n) is 4.46. The molecule has 24 heavy (non-hydrogen) atoms. The highest BCUT2D eigenvalue weighted by Crippen LogP contribution is 2.30. The third-order valence-corrected chi connectivity index (χ3v) is 4.46. The summed E-state index contributed by atoms with van der Waals surface area (Å²) in [6, 6.07) is 27.1. The molecule has 0 aliphatic carbocycles. The smallest absolute Gasteiger partial charge is 0.0723 e. The zero-order valence-electron chi connectivity index (χ0n) is 13.0. The molecule has 5 aromatic rings. The highest BCUT2D eigenvalue weighted by molar-refractivity contribution is 6.08. The van der Waals surface area contributed by atoms with Gasteiger partial charge < -0.3 is 0 Å². The molecule has 0 bridgehead atoms. The second kappa shape index (κ2) is 5.10.